The highest BCUT2D eigenvalue weighted by Crippen LogP contribution is 1.99. The molecule has 1 aromatic heterocycles. The van der Waals surface area contributed by atoms with Gasteiger partial charge in [-0.1, -0.05) is 0 Å². The summed E-state index contributed by atoms with van der Waals surface area (Å²) in [7, 11) is 4.02. The molecule has 4 heteroatoms. The van der Waals surface area contributed by atoms with Crippen LogP contribution in [0.3, 0.4) is 0 Å². The number of aryl methyl sites for hydroxylation is 1. The predicted octanol–water partition coefficient (Wildman–Crippen LogP) is 0.234. The third-order valence-electron chi connectivity index (χ3n) is 2.03. The minimum atomic E-state index is 0.255. The second-order valence-electron chi connectivity index (χ2n) is 3.27. The average molecular weight is 183 g/mol. The molecule has 1 N–H and O–H groups in total. The van der Waals surface area contributed by atoms with Crippen LogP contribution in [0, 0.1) is 0 Å². The summed E-state index contributed by atoms with van der Waals surface area (Å²) in [4.78, 5) is 6.37. The summed E-state index contributed by atoms with van der Waals surface area (Å²) in [5.41, 5.74) is 0. The summed E-state index contributed by atoms with van der Waals surface area (Å²) in [5, 5.41) is 8.65. The van der Waals surface area contributed by atoms with E-state index in [2.05, 4.69) is 9.88 Å². The molecular weight excluding hydrogens is 166 g/mol. The maximum atomic E-state index is 8.65. The van der Waals surface area contributed by atoms with Crippen LogP contribution in [-0.2, 0) is 13.6 Å². The molecule has 74 valence electrons. The first-order chi connectivity index (χ1) is 6.24. The molecule has 0 saturated heterocycles. The van der Waals surface area contributed by atoms with Gasteiger partial charge >= 0.3 is 0 Å². The molecule has 1 heterocycles. The lowest BCUT2D eigenvalue weighted by molar-refractivity contribution is 0.241. The molecule has 0 fully saturated rings. The van der Waals surface area contributed by atoms with Crippen LogP contribution in [0.25, 0.3) is 0 Å². The minimum absolute atomic E-state index is 0.255. The molecule has 1 aromatic rings. The number of aliphatic hydroxyl groups excluding tert-OH is 1. The first-order valence-electron chi connectivity index (χ1n) is 4.49. The van der Waals surface area contributed by atoms with E-state index in [-0.39, 0.29) is 6.61 Å². The Labute approximate surface area is 78.8 Å². The molecule has 4 nitrogen and oxygen atoms in total. The molecule has 0 aliphatic heterocycles. The fourth-order valence-electron chi connectivity index (χ4n) is 1.21. The number of nitrogens with zero attached hydrogens (tertiary/aromatic N) is 3. The van der Waals surface area contributed by atoms with Gasteiger partial charge in [-0.15, -0.1) is 0 Å². The van der Waals surface area contributed by atoms with Gasteiger partial charge in [-0.25, -0.2) is 4.98 Å². The summed E-state index contributed by atoms with van der Waals surface area (Å²) in [6.45, 7) is 2.00. The highest BCUT2D eigenvalue weighted by molar-refractivity contribution is 4.90. The molecule has 0 aliphatic carbocycles. The van der Waals surface area contributed by atoms with E-state index in [0.29, 0.717) is 0 Å². The van der Waals surface area contributed by atoms with Crippen molar-refractivity contribution in [2.24, 2.45) is 7.05 Å². The van der Waals surface area contributed by atoms with Crippen LogP contribution in [0.15, 0.2) is 12.4 Å². The molecule has 0 unspecified atom stereocenters. The Morgan fingerprint density at radius 2 is 2.38 bits per heavy atom. The molecule has 0 atom stereocenters. The first kappa shape index (κ1) is 10.2. The third-order valence-corrected chi connectivity index (χ3v) is 2.03. The van der Waals surface area contributed by atoms with E-state index in [4.69, 9.17) is 5.11 Å². The van der Waals surface area contributed by atoms with Crippen LogP contribution in [-0.4, -0.2) is 39.8 Å². The van der Waals surface area contributed by atoms with Crippen molar-refractivity contribution in [1.82, 2.24) is 14.5 Å². The summed E-state index contributed by atoms with van der Waals surface area (Å²) >= 11 is 0. The van der Waals surface area contributed by atoms with Crippen molar-refractivity contribution >= 4 is 0 Å². The minimum Gasteiger partial charge on any atom is -0.396 e. The molecule has 0 amide bonds. The molecule has 0 aromatic carbocycles. The molecule has 0 bridgehead atoms. The van der Waals surface area contributed by atoms with E-state index < -0.39 is 0 Å². The lowest BCUT2D eigenvalue weighted by Crippen LogP contribution is -2.21. The largest absolute Gasteiger partial charge is 0.396 e. The van der Waals surface area contributed by atoms with Gasteiger partial charge in [0.2, 0.25) is 0 Å². The van der Waals surface area contributed by atoms with Gasteiger partial charge in [0.05, 0.1) is 6.54 Å². The quantitative estimate of drug-likeness (QED) is 0.710. The maximum Gasteiger partial charge on any atom is 0.122 e. The number of rotatable bonds is 5. The lowest BCUT2D eigenvalue weighted by atomic mass is 10.4. The van der Waals surface area contributed by atoms with Gasteiger partial charge in [0, 0.05) is 32.6 Å². The smallest absolute Gasteiger partial charge is 0.122 e. The zero-order valence-electron chi connectivity index (χ0n) is 8.27. The average Bonchev–Trinajstić information content (AvgIpc) is 2.48. The number of aliphatic hydroxyl groups is 1. The number of aromatic nitrogens is 2. The fourth-order valence-corrected chi connectivity index (χ4v) is 1.21. The van der Waals surface area contributed by atoms with E-state index in [9.17, 15) is 0 Å². The fraction of sp³-hybridized carbons (Fsp3) is 0.667. The van der Waals surface area contributed by atoms with E-state index in [0.717, 1.165) is 25.3 Å². The van der Waals surface area contributed by atoms with Gasteiger partial charge in [-0.05, 0) is 13.5 Å². The zero-order chi connectivity index (χ0) is 9.68. The van der Waals surface area contributed by atoms with Gasteiger partial charge in [0.15, 0.2) is 0 Å². The van der Waals surface area contributed by atoms with Gasteiger partial charge in [-0.3, -0.25) is 4.90 Å². The Bertz CT molecular complexity index is 247. The van der Waals surface area contributed by atoms with Crippen molar-refractivity contribution in [3.63, 3.8) is 0 Å². The molecule has 0 saturated carbocycles. The highest BCUT2D eigenvalue weighted by Gasteiger charge is 2.03. The summed E-state index contributed by atoms with van der Waals surface area (Å²) in [6, 6.07) is 0. The van der Waals surface area contributed by atoms with Crippen LogP contribution in [0.2, 0.25) is 0 Å². The van der Waals surface area contributed by atoms with Gasteiger partial charge in [0.25, 0.3) is 0 Å². The standard InChI is InChI=1S/C9H17N3O/c1-11(5-3-7-13)8-9-10-4-6-12(9)2/h4,6,13H,3,5,7-8H2,1-2H3. The van der Waals surface area contributed by atoms with Crippen molar-refractivity contribution in [1.29, 1.82) is 0 Å². The second-order valence-corrected chi connectivity index (χ2v) is 3.27. The summed E-state index contributed by atoms with van der Waals surface area (Å²) < 4.78 is 2.01. The zero-order valence-corrected chi connectivity index (χ0v) is 8.27. The van der Waals surface area contributed by atoms with Crippen LogP contribution >= 0.6 is 0 Å². The summed E-state index contributed by atoms with van der Waals surface area (Å²) in [6.07, 6.45) is 4.56. The summed E-state index contributed by atoms with van der Waals surface area (Å²) in [5.74, 6) is 1.06. The molecule has 0 radical (unpaired) electrons. The SMILES string of the molecule is CN(CCCO)Cc1nccn1C. The normalized spacial score (nSPS) is 11.1. The maximum absolute atomic E-state index is 8.65. The van der Waals surface area contributed by atoms with Crippen LogP contribution in [0.1, 0.15) is 12.2 Å². The predicted molar refractivity (Wildman–Crippen MR) is 51.2 cm³/mol. The monoisotopic (exact) mass is 183 g/mol. The van der Waals surface area contributed by atoms with Crippen molar-refractivity contribution < 1.29 is 5.11 Å². The molecule has 0 aliphatic rings. The molecule has 13 heavy (non-hydrogen) atoms. The van der Waals surface area contributed by atoms with Crippen LogP contribution < -0.4 is 0 Å². The first-order valence-corrected chi connectivity index (χ1v) is 4.49. The van der Waals surface area contributed by atoms with Crippen molar-refractivity contribution in [2.45, 2.75) is 13.0 Å². The molecule has 1 rings (SSSR count). The molecular formula is C9H17N3O. The van der Waals surface area contributed by atoms with Gasteiger partial charge in [0.1, 0.15) is 5.82 Å². The number of hydrogen-bond donors (Lipinski definition) is 1. The Morgan fingerprint density at radius 1 is 1.62 bits per heavy atom. The van der Waals surface area contributed by atoms with Crippen molar-refractivity contribution in [3.05, 3.63) is 18.2 Å². The van der Waals surface area contributed by atoms with Gasteiger partial charge < -0.3 is 9.67 Å². The van der Waals surface area contributed by atoms with E-state index in [1.165, 1.54) is 0 Å². The second kappa shape index (κ2) is 4.99. The Balaban J connectivity index is 2.36. The highest BCUT2D eigenvalue weighted by atomic mass is 16.3. The van der Waals surface area contributed by atoms with Crippen molar-refractivity contribution in [3.8, 4) is 0 Å². The van der Waals surface area contributed by atoms with E-state index in [1.54, 1.807) is 6.20 Å². The Morgan fingerprint density at radius 3 is 2.92 bits per heavy atom. The topological polar surface area (TPSA) is 41.3 Å². The third kappa shape index (κ3) is 3.16. The Hall–Kier alpha value is -0.870. The van der Waals surface area contributed by atoms with Crippen molar-refractivity contribution in [2.75, 3.05) is 20.2 Å². The van der Waals surface area contributed by atoms with E-state index >= 15 is 0 Å². The lowest BCUT2D eigenvalue weighted by Gasteiger charge is -2.15. The van der Waals surface area contributed by atoms with Gasteiger partial charge in [-0.2, -0.15) is 0 Å². The van der Waals surface area contributed by atoms with Crippen LogP contribution in [0.5, 0.6) is 0 Å². The molecule has 0 spiro atoms. The van der Waals surface area contributed by atoms with Crippen LogP contribution in [0.4, 0.5) is 0 Å². The number of imidazole rings is 1. The Kier molecular flexibility index (Phi) is 3.92. The number of hydrogen-bond acceptors (Lipinski definition) is 3. The van der Waals surface area contributed by atoms with E-state index in [1.807, 2.05) is 24.9 Å².